The lowest BCUT2D eigenvalue weighted by Crippen LogP contribution is -2.61. The number of hydrogen-bond acceptors (Lipinski definition) is 2. The molecule has 0 bridgehead atoms. The summed E-state index contributed by atoms with van der Waals surface area (Å²) in [7, 11) is 0. The molecular weight excluding hydrogens is 220 g/mol. The minimum atomic E-state index is 0.712. The molecule has 0 spiro atoms. The van der Waals surface area contributed by atoms with Crippen LogP contribution in [-0.4, -0.2) is 36.1 Å². The van der Waals surface area contributed by atoms with Gasteiger partial charge in [0, 0.05) is 31.2 Å². The van der Waals surface area contributed by atoms with Gasteiger partial charge in [-0.05, 0) is 38.0 Å². The molecule has 1 saturated carbocycles. The summed E-state index contributed by atoms with van der Waals surface area (Å²) in [6, 6.07) is 2.24. The van der Waals surface area contributed by atoms with Crippen LogP contribution in [0.2, 0.25) is 0 Å². The van der Waals surface area contributed by atoms with Crippen LogP contribution in [0.1, 0.15) is 59.8 Å². The van der Waals surface area contributed by atoms with Crippen LogP contribution in [0.3, 0.4) is 0 Å². The number of piperazine rings is 1. The average Bonchev–Trinajstić information content (AvgIpc) is 2.90. The molecule has 0 aromatic carbocycles. The molecule has 2 heteroatoms. The molecule has 2 fully saturated rings. The minimum Gasteiger partial charge on any atom is -0.311 e. The monoisotopic (exact) mass is 252 g/mol. The highest BCUT2D eigenvalue weighted by atomic mass is 15.3. The normalized spacial score (nSPS) is 33.2. The molecule has 1 heterocycles. The Hall–Kier alpha value is -0.0800. The lowest BCUT2D eigenvalue weighted by Gasteiger charge is -2.47. The first-order valence-electron chi connectivity index (χ1n) is 8.12. The lowest BCUT2D eigenvalue weighted by molar-refractivity contribution is 0.0375. The third-order valence-corrected chi connectivity index (χ3v) is 5.34. The first-order chi connectivity index (χ1) is 8.63. The van der Waals surface area contributed by atoms with E-state index in [1.165, 1.54) is 45.2 Å². The van der Waals surface area contributed by atoms with Crippen LogP contribution in [0.25, 0.3) is 0 Å². The molecule has 3 atom stereocenters. The zero-order valence-electron chi connectivity index (χ0n) is 12.8. The molecule has 18 heavy (non-hydrogen) atoms. The molecule has 106 valence electrons. The Balaban J connectivity index is 2.03. The zero-order valence-corrected chi connectivity index (χ0v) is 12.8. The molecule has 0 amide bonds. The van der Waals surface area contributed by atoms with Gasteiger partial charge in [0.1, 0.15) is 0 Å². The third-order valence-electron chi connectivity index (χ3n) is 5.34. The molecule has 1 aliphatic carbocycles. The second kappa shape index (κ2) is 6.38. The molecule has 1 N–H and O–H groups in total. The Labute approximate surface area is 114 Å². The summed E-state index contributed by atoms with van der Waals surface area (Å²) >= 11 is 0. The Morgan fingerprint density at radius 1 is 1.17 bits per heavy atom. The van der Waals surface area contributed by atoms with Crippen molar-refractivity contribution in [1.82, 2.24) is 10.2 Å². The van der Waals surface area contributed by atoms with E-state index >= 15 is 0 Å². The van der Waals surface area contributed by atoms with Crippen molar-refractivity contribution in [3.8, 4) is 0 Å². The van der Waals surface area contributed by atoms with Crippen LogP contribution in [0, 0.1) is 11.8 Å². The van der Waals surface area contributed by atoms with Gasteiger partial charge < -0.3 is 5.32 Å². The van der Waals surface area contributed by atoms with Gasteiger partial charge in [0.05, 0.1) is 0 Å². The molecule has 3 unspecified atom stereocenters. The van der Waals surface area contributed by atoms with E-state index in [-0.39, 0.29) is 0 Å². The molecule has 2 rings (SSSR count). The number of rotatable bonds is 4. The second-order valence-corrected chi connectivity index (χ2v) is 6.81. The summed E-state index contributed by atoms with van der Waals surface area (Å²) < 4.78 is 0. The summed E-state index contributed by atoms with van der Waals surface area (Å²) in [6.45, 7) is 12.0. The van der Waals surface area contributed by atoms with E-state index in [4.69, 9.17) is 0 Å². The van der Waals surface area contributed by atoms with Crippen LogP contribution in [0.15, 0.2) is 0 Å². The molecule has 1 saturated heterocycles. The fourth-order valence-corrected chi connectivity index (χ4v) is 3.93. The van der Waals surface area contributed by atoms with Crippen molar-refractivity contribution in [2.45, 2.75) is 77.9 Å². The first-order valence-corrected chi connectivity index (χ1v) is 8.12. The van der Waals surface area contributed by atoms with Crippen molar-refractivity contribution in [3.63, 3.8) is 0 Å². The largest absolute Gasteiger partial charge is 0.311 e. The predicted molar refractivity (Wildman–Crippen MR) is 78.8 cm³/mol. The van der Waals surface area contributed by atoms with Crippen molar-refractivity contribution in [2.75, 3.05) is 13.1 Å². The van der Waals surface area contributed by atoms with Gasteiger partial charge in [-0.2, -0.15) is 0 Å². The first kappa shape index (κ1) is 14.3. The van der Waals surface area contributed by atoms with Crippen molar-refractivity contribution in [1.29, 1.82) is 0 Å². The summed E-state index contributed by atoms with van der Waals surface area (Å²) in [5.41, 5.74) is 0. The lowest BCUT2D eigenvalue weighted by atomic mass is 9.90. The van der Waals surface area contributed by atoms with Crippen LogP contribution < -0.4 is 5.32 Å². The average molecular weight is 252 g/mol. The fourth-order valence-electron chi connectivity index (χ4n) is 3.93. The molecule has 1 aliphatic heterocycles. The highest BCUT2D eigenvalue weighted by Crippen LogP contribution is 2.32. The van der Waals surface area contributed by atoms with Gasteiger partial charge in [0.25, 0.3) is 0 Å². The van der Waals surface area contributed by atoms with E-state index in [1.807, 2.05) is 0 Å². The molecule has 0 aromatic rings. The number of nitrogens with zero attached hydrogens (tertiary/aromatic N) is 1. The number of hydrogen-bond donors (Lipinski definition) is 1. The van der Waals surface area contributed by atoms with Gasteiger partial charge in [-0.3, -0.25) is 4.90 Å². The smallest absolute Gasteiger partial charge is 0.0247 e. The Bertz CT molecular complexity index is 245. The zero-order chi connectivity index (χ0) is 13.1. The maximum atomic E-state index is 3.73. The summed E-state index contributed by atoms with van der Waals surface area (Å²) in [6.07, 6.45) is 7.12. The van der Waals surface area contributed by atoms with Gasteiger partial charge in [0.15, 0.2) is 0 Å². The molecule has 0 aromatic heterocycles. The predicted octanol–water partition coefficient (Wildman–Crippen LogP) is 3.27. The van der Waals surface area contributed by atoms with Gasteiger partial charge in [0.2, 0.25) is 0 Å². The molecular formula is C16H32N2. The minimum absolute atomic E-state index is 0.712. The summed E-state index contributed by atoms with van der Waals surface area (Å²) in [4.78, 5) is 2.84. The standard InChI is InChI=1S/C16H32N2/c1-5-15-11-18(16(10-17-15)12(2)3)13(4)14-8-6-7-9-14/h12-17H,5-11H2,1-4H3. The number of nitrogens with one attached hydrogen (secondary N) is 1. The second-order valence-electron chi connectivity index (χ2n) is 6.81. The van der Waals surface area contributed by atoms with E-state index in [9.17, 15) is 0 Å². The third kappa shape index (κ3) is 3.08. The van der Waals surface area contributed by atoms with Crippen LogP contribution in [-0.2, 0) is 0 Å². The summed E-state index contributed by atoms with van der Waals surface area (Å²) in [5.74, 6) is 1.72. The van der Waals surface area contributed by atoms with E-state index in [0.29, 0.717) is 6.04 Å². The van der Waals surface area contributed by atoms with Gasteiger partial charge in [-0.1, -0.05) is 33.6 Å². The van der Waals surface area contributed by atoms with E-state index < -0.39 is 0 Å². The van der Waals surface area contributed by atoms with Gasteiger partial charge in [-0.15, -0.1) is 0 Å². The topological polar surface area (TPSA) is 15.3 Å². The Morgan fingerprint density at radius 2 is 1.83 bits per heavy atom. The van der Waals surface area contributed by atoms with Crippen molar-refractivity contribution in [2.24, 2.45) is 11.8 Å². The van der Waals surface area contributed by atoms with Crippen molar-refractivity contribution < 1.29 is 0 Å². The van der Waals surface area contributed by atoms with E-state index in [2.05, 4.69) is 37.9 Å². The summed E-state index contributed by atoms with van der Waals surface area (Å²) in [5, 5.41) is 3.73. The molecule has 2 aliphatic rings. The maximum Gasteiger partial charge on any atom is 0.0247 e. The van der Waals surface area contributed by atoms with E-state index in [1.54, 1.807) is 0 Å². The maximum absolute atomic E-state index is 3.73. The Morgan fingerprint density at radius 3 is 2.39 bits per heavy atom. The Kier molecular flexibility index (Phi) is 5.08. The van der Waals surface area contributed by atoms with E-state index in [0.717, 1.165) is 23.9 Å². The molecule has 0 radical (unpaired) electrons. The van der Waals surface area contributed by atoms with Crippen LogP contribution in [0.4, 0.5) is 0 Å². The highest BCUT2D eigenvalue weighted by Gasteiger charge is 2.35. The van der Waals surface area contributed by atoms with Gasteiger partial charge >= 0.3 is 0 Å². The van der Waals surface area contributed by atoms with Gasteiger partial charge in [-0.25, -0.2) is 0 Å². The highest BCUT2D eigenvalue weighted by molar-refractivity contribution is 4.92. The fraction of sp³-hybridized carbons (Fsp3) is 1.00. The molecule has 2 nitrogen and oxygen atoms in total. The quantitative estimate of drug-likeness (QED) is 0.826. The van der Waals surface area contributed by atoms with Crippen LogP contribution in [0.5, 0.6) is 0 Å². The SMILES string of the molecule is CCC1CN(C(C)C2CCCC2)C(C(C)C)CN1. The van der Waals surface area contributed by atoms with Crippen molar-refractivity contribution >= 4 is 0 Å². The van der Waals surface area contributed by atoms with Crippen molar-refractivity contribution in [3.05, 3.63) is 0 Å². The van der Waals surface area contributed by atoms with Crippen LogP contribution >= 0.6 is 0 Å².